The SMILES string of the molecule is CCCCOc1ccc(CNCC(C)C)cc1OC. The number of rotatable bonds is 9. The fourth-order valence-electron chi connectivity index (χ4n) is 1.77. The molecule has 0 bridgehead atoms. The summed E-state index contributed by atoms with van der Waals surface area (Å²) < 4.78 is 11.1. The van der Waals surface area contributed by atoms with Gasteiger partial charge in [-0.05, 0) is 36.6 Å². The van der Waals surface area contributed by atoms with Crippen LogP contribution in [-0.2, 0) is 6.54 Å². The van der Waals surface area contributed by atoms with Crippen LogP contribution in [0.3, 0.4) is 0 Å². The van der Waals surface area contributed by atoms with E-state index in [1.165, 1.54) is 5.56 Å². The Bertz CT molecular complexity index is 364. The van der Waals surface area contributed by atoms with Crippen LogP contribution < -0.4 is 14.8 Å². The van der Waals surface area contributed by atoms with Gasteiger partial charge < -0.3 is 14.8 Å². The maximum atomic E-state index is 5.72. The lowest BCUT2D eigenvalue weighted by Gasteiger charge is -2.13. The van der Waals surface area contributed by atoms with Crippen LogP contribution in [0.1, 0.15) is 39.2 Å². The Morgan fingerprint density at radius 1 is 1.21 bits per heavy atom. The van der Waals surface area contributed by atoms with E-state index in [-0.39, 0.29) is 0 Å². The fraction of sp³-hybridized carbons (Fsp3) is 0.625. The van der Waals surface area contributed by atoms with Crippen LogP contribution in [0.4, 0.5) is 0 Å². The number of ether oxygens (including phenoxy) is 2. The van der Waals surface area contributed by atoms with E-state index in [0.29, 0.717) is 5.92 Å². The van der Waals surface area contributed by atoms with Gasteiger partial charge in [0.2, 0.25) is 0 Å². The standard InChI is InChI=1S/C16H27NO2/c1-5-6-9-19-15-8-7-14(10-16(15)18-4)12-17-11-13(2)3/h7-8,10,13,17H,5-6,9,11-12H2,1-4H3. The minimum Gasteiger partial charge on any atom is -0.493 e. The Labute approximate surface area is 117 Å². The summed E-state index contributed by atoms with van der Waals surface area (Å²) in [5.74, 6) is 2.32. The van der Waals surface area contributed by atoms with Crippen molar-refractivity contribution in [2.45, 2.75) is 40.2 Å². The van der Waals surface area contributed by atoms with Gasteiger partial charge in [-0.25, -0.2) is 0 Å². The minimum atomic E-state index is 0.665. The van der Waals surface area contributed by atoms with E-state index in [9.17, 15) is 0 Å². The molecule has 1 aromatic carbocycles. The molecule has 0 amide bonds. The third-order valence-corrected chi connectivity index (χ3v) is 2.87. The molecule has 0 atom stereocenters. The van der Waals surface area contributed by atoms with Gasteiger partial charge in [0.15, 0.2) is 11.5 Å². The number of methoxy groups -OCH3 is 1. The van der Waals surface area contributed by atoms with Crippen LogP contribution in [-0.4, -0.2) is 20.3 Å². The molecule has 0 saturated heterocycles. The molecule has 108 valence electrons. The second kappa shape index (κ2) is 8.81. The summed E-state index contributed by atoms with van der Waals surface area (Å²) in [6, 6.07) is 6.15. The monoisotopic (exact) mass is 265 g/mol. The van der Waals surface area contributed by atoms with Crippen molar-refractivity contribution in [3.05, 3.63) is 23.8 Å². The van der Waals surface area contributed by atoms with Gasteiger partial charge in [0.1, 0.15) is 0 Å². The number of benzene rings is 1. The lowest BCUT2D eigenvalue weighted by Crippen LogP contribution is -2.18. The Morgan fingerprint density at radius 3 is 2.63 bits per heavy atom. The molecule has 0 saturated carbocycles. The normalized spacial score (nSPS) is 10.8. The zero-order valence-electron chi connectivity index (χ0n) is 12.7. The summed E-state index contributed by atoms with van der Waals surface area (Å²) in [5.41, 5.74) is 1.22. The highest BCUT2D eigenvalue weighted by molar-refractivity contribution is 5.42. The summed E-state index contributed by atoms with van der Waals surface area (Å²) in [7, 11) is 1.69. The maximum absolute atomic E-state index is 5.72. The highest BCUT2D eigenvalue weighted by Gasteiger charge is 2.05. The molecule has 0 spiro atoms. The number of nitrogens with one attached hydrogen (secondary N) is 1. The molecule has 3 heteroatoms. The Balaban J connectivity index is 2.56. The third kappa shape index (κ3) is 5.97. The molecule has 0 heterocycles. The van der Waals surface area contributed by atoms with Gasteiger partial charge >= 0.3 is 0 Å². The molecule has 1 rings (SSSR count). The van der Waals surface area contributed by atoms with Crippen LogP contribution in [0, 0.1) is 5.92 Å². The molecule has 0 aliphatic heterocycles. The minimum absolute atomic E-state index is 0.665. The first-order valence-electron chi connectivity index (χ1n) is 7.17. The summed E-state index contributed by atoms with van der Waals surface area (Å²) in [4.78, 5) is 0. The van der Waals surface area contributed by atoms with Crippen molar-refractivity contribution in [3.8, 4) is 11.5 Å². The fourth-order valence-corrected chi connectivity index (χ4v) is 1.77. The average molecular weight is 265 g/mol. The molecule has 0 aliphatic rings. The number of hydrogen-bond donors (Lipinski definition) is 1. The average Bonchev–Trinajstić information content (AvgIpc) is 2.39. The Morgan fingerprint density at radius 2 is 2.00 bits per heavy atom. The van der Waals surface area contributed by atoms with Crippen molar-refractivity contribution in [2.75, 3.05) is 20.3 Å². The molecule has 1 aromatic rings. The summed E-state index contributed by atoms with van der Waals surface area (Å²) in [6.07, 6.45) is 2.21. The maximum Gasteiger partial charge on any atom is 0.161 e. The quantitative estimate of drug-likeness (QED) is 0.692. The largest absolute Gasteiger partial charge is 0.493 e. The first-order valence-corrected chi connectivity index (χ1v) is 7.17. The van der Waals surface area contributed by atoms with Gasteiger partial charge in [0.05, 0.1) is 13.7 Å². The van der Waals surface area contributed by atoms with Crippen LogP contribution in [0.5, 0.6) is 11.5 Å². The van der Waals surface area contributed by atoms with Crippen molar-refractivity contribution in [2.24, 2.45) is 5.92 Å². The summed E-state index contributed by atoms with van der Waals surface area (Å²) in [6.45, 7) is 9.21. The van der Waals surface area contributed by atoms with E-state index in [4.69, 9.17) is 9.47 Å². The molecular weight excluding hydrogens is 238 g/mol. The van der Waals surface area contributed by atoms with Crippen LogP contribution in [0.25, 0.3) is 0 Å². The van der Waals surface area contributed by atoms with Gasteiger partial charge in [-0.15, -0.1) is 0 Å². The molecular formula is C16H27NO2. The molecule has 0 unspecified atom stereocenters. The van der Waals surface area contributed by atoms with E-state index >= 15 is 0 Å². The number of unbranched alkanes of at least 4 members (excludes halogenated alkanes) is 1. The molecule has 0 aromatic heterocycles. The topological polar surface area (TPSA) is 30.5 Å². The molecule has 1 N–H and O–H groups in total. The highest BCUT2D eigenvalue weighted by Crippen LogP contribution is 2.28. The first kappa shape index (κ1) is 15.8. The molecule has 3 nitrogen and oxygen atoms in total. The second-order valence-electron chi connectivity index (χ2n) is 5.21. The van der Waals surface area contributed by atoms with Crippen molar-refractivity contribution >= 4 is 0 Å². The van der Waals surface area contributed by atoms with Crippen molar-refractivity contribution in [3.63, 3.8) is 0 Å². The molecule has 0 aliphatic carbocycles. The van der Waals surface area contributed by atoms with Gasteiger partial charge in [0, 0.05) is 6.54 Å². The predicted molar refractivity (Wildman–Crippen MR) is 79.9 cm³/mol. The van der Waals surface area contributed by atoms with Crippen LogP contribution in [0.2, 0.25) is 0 Å². The van der Waals surface area contributed by atoms with Crippen molar-refractivity contribution in [1.29, 1.82) is 0 Å². The van der Waals surface area contributed by atoms with Gasteiger partial charge in [-0.1, -0.05) is 33.3 Å². The number of hydrogen-bond acceptors (Lipinski definition) is 3. The molecule has 0 radical (unpaired) electrons. The Kier molecular flexibility index (Phi) is 7.34. The molecule has 19 heavy (non-hydrogen) atoms. The summed E-state index contributed by atoms with van der Waals surface area (Å²) >= 11 is 0. The summed E-state index contributed by atoms with van der Waals surface area (Å²) in [5, 5.41) is 3.43. The van der Waals surface area contributed by atoms with Gasteiger partial charge in [-0.3, -0.25) is 0 Å². The van der Waals surface area contributed by atoms with E-state index in [1.807, 2.05) is 6.07 Å². The highest BCUT2D eigenvalue weighted by atomic mass is 16.5. The van der Waals surface area contributed by atoms with Crippen LogP contribution in [0.15, 0.2) is 18.2 Å². The smallest absolute Gasteiger partial charge is 0.161 e. The zero-order chi connectivity index (χ0) is 14.1. The van der Waals surface area contributed by atoms with E-state index in [2.05, 4.69) is 38.2 Å². The van der Waals surface area contributed by atoms with Gasteiger partial charge in [-0.2, -0.15) is 0 Å². The predicted octanol–water partition coefficient (Wildman–Crippen LogP) is 3.62. The lowest BCUT2D eigenvalue weighted by atomic mass is 10.2. The zero-order valence-corrected chi connectivity index (χ0v) is 12.7. The van der Waals surface area contributed by atoms with Gasteiger partial charge in [0.25, 0.3) is 0 Å². The second-order valence-corrected chi connectivity index (χ2v) is 5.21. The van der Waals surface area contributed by atoms with Crippen LogP contribution >= 0.6 is 0 Å². The first-order chi connectivity index (χ1) is 9.17. The third-order valence-electron chi connectivity index (χ3n) is 2.87. The Hall–Kier alpha value is -1.22. The van der Waals surface area contributed by atoms with Crippen molar-refractivity contribution in [1.82, 2.24) is 5.32 Å². The molecule has 0 fully saturated rings. The lowest BCUT2D eigenvalue weighted by molar-refractivity contribution is 0.288. The van der Waals surface area contributed by atoms with E-state index in [0.717, 1.165) is 44.0 Å². The van der Waals surface area contributed by atoms with Crippen molar-refractivity contribution < 1.29 is 9.47 Å². The van der Waals surface area contributed by atoms with E-state index < -0.39 is 0 Å². The van der Waals surface area contributed by atoms with E-state index in [1.54, 1.807) is 7.11 Å².